The summed E-state index contributed by atoms with van der Waals surface area (Å²) in [5.74, 6) is 2.42. The predicted octanol–water partition coefficient (Wildman–Crippen LogP) is 3.73. The first-order valence-corrected chi connectivity index (χ1v) is 10.5. The molecule has 1 aliphatic rings. The molecule has 30 heavy (non-hydrogen) atoms. The lowest BCUT2D eigenvalue weighted by Gasteiger charge is -2.27. The van der Waals surface area contributed by atoms with E-state index in [0.717, 1.165) is 35.8 Å². The van der Waals surface area contributed by atoms with E-state index in [9.17, 15) is 0 Å². The van der Waals surface area contributed by atoms with Crippen molar-refractivity contribution < 1.29 is 4.42 Å². The Morgan fingerprint density at radius 1 is 1.13 bits per heavy atom. The summed E-state index contributed by atoms with van der Waals surface area (Å²) >= 11 is 5.22. The van der Waals surface area contributed by atoms with Crippen molar-refractivity contribution >= 4 is 29.4 Å². The van der Waals surface area contributed by atoms with Gasteiger partial charge in [-0.05, 0) is 67.4 Å². The van der Waals surface area contributed by atoms with Crippen molar-refractivity contribution in [1.82, 2.24) is 20.7 Å². The smallest absolute Gasteiger partial charge is 0.187 e. The van der Waals surface area contributed by atoms with Crippen molar-refractivity contribution in [2.75, 3.05) is 18.0 Å². The average molecular weight is 421 g/mol. The monoisotopic (exact) mass is 420 g/mol. The molecule has 3 aromatic rings. The molecule has 0 bridgehead atoms. The Morgan fingerprint density at radius 3 is 2.80 bits per heavy atom. The molecule has 1 aliphatic heterocycles. The Morgan fingerprint density at radius 2 is 2.03 bits per heavy atom. The highest BCUT2D eigenvalue weighted by Crippen LogP contribution is 2.24. The van der Waals surface area contributed by atoms with Crippen LogP contribution in [-0.4, -0.2) is 34.4 Å². The van der Waals surface area contributed by atoms with Gasteiger partial charge in [-0.1, -0.05) is 6.07 Å². The highest BCUT2D eigenvalue weighted by Gasteiger charge is 2.12. The summed E-state index contributed by atoms with van der Waals surface area (Å²) < 4.78 is 5.85. The second-order valence-electron chi connectivity index (χ2n) is 7.07. The van der Waals surface area contributed by atoms with E-state index in [1.165, 1.54) is 19.3 Å². The van der Waals surface area contributed by atoms with Gasteiger partial charge in [0.05, 0.1) is 6.21 Å². The van der Waals surface area contributed by atoms with Gasteiger partial charge in [0.15, 0.2) is 5.11 Å². The minimum Gasteiger partial charge on any atom is -0.455 e. The minimum atomic E-state index is 0.430. The molecule has 1 fully saturated rings. The molecule has 4 heterocycles. The Balaban J connectivity index is 1.28. The third-order valence-electron chi connectivity index (χ3n) is 4.87. The van der Waals surface area contributed by atoms with Crippen molar-refractivity contribution in [2.45, 2.75) is 25.8 Å². The Hall–Kier alpha value is -3.26. The SMILES string of the molecule is S=C(NCc1cccnc1)NN=Cc1ccc(-c2ccc(N3CCCCC3)nc2)o1. The molecular weight excluding hydrogens is 396 g/mol. The van der Waals surface area contributed by atoms with Crippen LogP contribution in [0.4, 0.5) is 5.82 Å². The van der Waals surface area contributed by atoms with Gasteiger partial charge in [-0.3, -0.25) is 10.4 Å². The number of hydrogen-bond acceptors (Lipinski definition) is 6. The van der Waals surface area contributed by atoms with E-state index in [2.05, 4.69) is 36.8 Å². The summed E-state index contributed by atoms with van der Waals surface area (Å²) in [5, 5.41) is 7.63. The topological polar surface area (TPSA) is 78.6 Å². The third-order valence-corrected chi connectivity index (χ3v) is 5.11. The molecule has 0 atom stereocenters. The minimum absolute atomic E-state index is 0.430. The Kier molecular flexibility index (Phi) is 6.66. The highest BCUT2D eigenvalue weighted by molar-refractivity contribution is 7.80. The Labute approximate surface area is 181 Å². The molecule has 0 aromatic carbocycles. The summed E-state index contributed by atoms with van der Waals surface area (Å²) in [4.78, 5) is 11.0. The van der Waals surface area contributed by atoms with E-state index in [-0.39, 0.29) is 0 Å². The molecule has 7 nitrogen and oxygen atoms in total. The van der Waals surface area contributed by atoms with Gasteiger partial charge in [-0.15, -0.1) is 0 Å². The first kappa shape index (κ1) is 20.0. The van der Waals surface area contributed by atoms with E-state index in [1.54, 1.807) is 18.6 Å². The fraction of sp³-hybridized carbons (Fsp3) is 0.273. The van der Waals surface area contributed by atoms with Gasteiger partial charge in [0.25, 0.3) is 0 Å². The number of hydrogen-bond donors (Lipinski definition) is 2. The van der Waals surface area contributed by atoms with E-state index in [0.29, 0.717) is 17.4 Å². The standard InChI is InChI=1S/C22H24N6OS/c30-22(25-14-17-5-4-10-23-13-17)27-26-16-19-7-8-20(29-19)18-6-9-21(24-15-18)28-11-2-1-3-12-28/h4-10,13,15-16H,1-3,11-12,14H2,(H2,25,27,30). The fourth-order valence-corrected chi connectivity index (χ4v) is 3.42. The van der Waals surface area contributed by atoms with Crippen LogP contribution in [-0.2, 0) is 6.54 Å². The van der Waals surface area contributed by atoms with Crippen LogP contribution in [0, 0.1) is 0 Å². The van der Waals surface area contributed by atoms with Crippen LogP contribution in [0.15, 0.2) is 64.5 Å². The molecule has 0 spiro atoms. The van der Waals surface area contributed by atoms with Crippen LogP contribution in [0.5, 0.6) is 0 Å². The van der Waals surface area contributed by atoms with Gasteiger partial charge in [0.2, 0.25) is 0 Å². The number of thiocarbonyl (C=S) groups is 1. The summed E-state index contributed by atoms with van der Waals surface area (Å²) in [6.07, 6.45) is 10.8. The first-order chi connectivity index (χ1) is 14.8. The zero-order valence-corrected chi connectivity index (χ0v) is 17.4. The van der Waals surface area contributed by atoms with Crippen LogP contribution in [0.25, 0.3) is 11.3 Å². The second kappa shape index (κ2) is 9.98. The fourth-order valence-electron chi connectivity index (χ4n) is 3.30. The van der Waals surface area contributed by atoms with E-state index < -0.39 is 0 Å². The number of nitrogens with one attached hydrogen (secondary N) is 2. The number of nitrogens with zero attached hydrogens (tertiary/aromatic N) is 4. The maximum atomic E-state index is 5.85. The second-order valence-corrected chi connectivity index (χ2v) is 7.48. The maximum Gasteiger partial charge on any atom is 0.187 e. The van der Waals surface area contributed by atoms with Gasteiger partial charge in [0.1, 0.15) is 17.3 Å². The molecule has 0 aliphatic carbocycles. The quantitative estimate of drug-likeness (QED) is 0.357. The average Bonchev–Trinajstić information content (AvgIpc) is 3.28. The molecular formula is C22H24N6OS. The van der Waals surface area contributed by atoms with Gasteiger partial charge in [-0.25, -0.2) is 4.98 Å². The number of anilines is 1. The molecule has 1 saturated heterocycles. The van der Waals surface area contributed by atoms with Crippen LogP contribution < -0.4 is 15.6 Å². The summed E-state index contributed by atoms with van der Waals surface area (Å²) in [6, 6.07) is 11.8. The zero-order valence-electron chi connectivity index (χ0n) is 16.6. The van der Waals surface area contributed by atoms with Crippen LogP contribution in [0.1, 0.15) is 30.6 Å². The molecule has 8 heteroatoms. The third kappa shape index (κ3) is 5.42. The van der Waals surface area contributed by atoms with Crippen molar-refractivity contribution in [3.8, 4) is 11.3 Å². The van der Waals surface area contributed by atoms with Gasteiger partial charge in [0, 0.05) is 43.8 Å². The zero-order chi connectivity index (χ0) is 20.6. The summed E-state index contributed by atoms with van der Waals surface area (Å²) in [6.45, 7) is 2.75. The highest BCUT2D eigenvalue weighted by atomic mass is 32.1. The van der Waals surface area contributed by atoms with Crippen molar-refractivity contribution in [3.63, 3.8) is 0 Å². The predicted molar refractivity (Wildman–Crippen MR) is 122 cm³/mol. The molecule has 4 rings (SSSR count). The lowest BCUT2D eigenvalue weighted by Crippen LogP contribution is -2.31. The molecule has 0 amide bonds. The lowest BCUT2D eigenvalue weighted by molar-refractivity contribution is 0.571. The molecule has 0 radical (unpaired) electrons. The largest absolute Gasteiger partial charge is 0.455 e. The molecule has 0 saturated carbocycles. The number of pyridine rings is 2. The van der Waals surface area contributed by atoms with Gasteiger partial charge < -0.3 is 14.6 Å². The number of hydrazone groups is 1. The molecule has 2 N–H and O–H groups in total. The number of furan rings is 1. The number of piperidine rings is 1. The van der Waals surface area contributed by atoms with E-state index >= 15 is 0 Å². The van der Waals surface area contributed by atoms with Crippen molar-refractivity contribution in [1.29, 1.82) is 0 Å². The summed E-state index contributed by atoms with van der Waals surface area (Å²) in [7, 11) is 0. The molecule has 0 unspecified atom stereocenters. The molecule has 3 aromatic heterocycles. The van der Waals surface area contributed by atoms with Crippen molar-refractivity contribution in [2.24, 2.45) is 5.10 Å². The number of aromatic nitrogens is 2. The molecule has 154 valence electrons. The lowest BCUT2D eigenvalue weighted by atomic mass is 10.1. The number of rotatable bonds is 6. The van der Waals surface area contributed by atoms with Gasteiger partial charge in [-0.2, -0.15) is 5.10 Å². The van der Waals surface area contributed by atoms with Crippen LogP contribution in [0.3, 0.4) is 0 Å². The van der Waals surface area contributed by atoms with Crippen molar-refractivity contribution in [3.05, 3.63) is 66.3 Å². The van der Waals surface area contributed by atoms with E-state index in [1.807, 2.05) is 36.5 Å². The van der Waals surface area contributed by atoms with E-state index in [4.69, 9.17) is 16.6 Å². The first-order valence-electron chi connectivity index (χ1n) is 10.0. The Bertz CT molecular complexity index is 980. The summed E-state index contributed by atoms with van der Waals surface area (Å²) in [5.41, 5.74) is 4.77. The van der Waals surface area contributed by atoms with Gasteiger partial charge >= 0.3 is 0 Å². The van der Waals surface area contributed by atoms with Crippen LogP contribution in [0.2, 0.25) is 0 Å². The normalized spacial score (nSPS) is 14.1. The van der Waals surface area contributed by atoms with Crippen LogP contribution >= 0.6 is 12.2 Å². The maximum absolute atomic E-state index is 5.85.